The maximum atomic E-state index is 12.1. The maximum absolute atomic E-state index is 12.1. The number of hydrogen-bond acceptors (Lipinski definition) is 4. The first-order valence-corrected chi connectivity index (χ1v) is 12.8. The van der Waals surface area contributed by atoms with Gasteiger partial charge in [-0.15, -0.1) is 0 Å². The van der Waals surface area contributed by atoms with E-state index in [-0.39, 0.29) is 24.6 Å². The molecule has 182 valence electrons. The van der Waals surface area contributed by atoms with E-state index in [0.29, 0.717) is 13.0 Å². The molecule has 0 aromatic rings. The van der Waals surface area contributed by atoms with Crippen LogP contribution in [-0.4, -0.2) is 36.5 Å². The molecule has 1 fully saturated rings. The normalized spacial score (nSPS) is 22.5. The first-order valence-electron chi connectivity index (χ1n) is 12.8. The molecule has 0 spiro atoms. The molecule has 0 aromatic heterocycles. The Morgan fingerprint density at radius 2 is 1.58 bits per heavy atom. The Kier molecular flexibility index (Phi) is 14.4. The van der Waals surface area contributed by atoms with Crippen molar-refractivity contribution in [3.63, 3.8) is 0 Å². The Hall–Kier alpha value is -0.870. The van der Waals surface area contributed by atoms with Crippen molar-refractivity contribution in [3.8, 4) is 0 Å². The Labute approximate surface area is 192 Å². The highest BCUT2D eigenvalue weighted by atomic mass is 16.5. The molecule has 0 bridgehead atoms. The predicted molar refractivity (Wildman–Crippen MR) is 129 cm³/mol. The SMILES string of the molecule is C/C(=C\C(=O)OC[C@@H](C)C1OCC[C@H]1O)CCCC(C)CCCC(C)CCCC(C)C. The highest BCUT2D eigenvalue weighted by Crippen LogP contribution is 2.23. The third-order valence-corrected chi connectivity index (χ3v) is 6.66. The predicted octanol–water partition coefficient (Wildman–Crippen LogP) is 6.70. The zero-order valence-electron chi connectivity index (χ0n) is 21.2. The van der Waals surface area contributed by atoms with E-state index in [9.17, 15) is 9.90 Å². The molecule has 4 nitrogen and oxygen atoms in total. The molecule has 5 atom stereocenters. The fraction of sp³-hybridized carbons (Fsp3) is 0.889. The molecule has 1 N–H and O–H groups in total. The van der Waals surface area contributed by atoms with Crippen LogP contribution < -0.4 is 0 Å². The van der Waals surface area contributed by atoms with E-state index < -0.39 is 6.10 Å². The van der Waals surface area contributed by atoms with Gasteiger partial charge in [-0.2, -0.15) is 0 Å². The van der Waals surface area contributed by atoms with Gasteiger partial charge < -0.3 is 14.6 Å². The smallest absolute Gasteiger partial charge is 0.330 e. The average molecular weight is 439 g/mol. The number of allylic oxidation sites excluding steroid dienone is 1. The van der Waals surface area contributed by atoms with Crippen molar-refractivity contribution < 1.29 is 19.4 Å². The van der Waals surface area contributed by atoms with Gasteiger partial charge in [0.2, 0.25) is 0 Å². The van der Waals surface area contributed by atoms with Gasteiger partial charge in [0.05, 0.1) is 18.8 Å². The second kappa shape index (κ2) is 15.9. The molecule has 0 aromatic carbocycles. The van der Waals surface area contributed by atoms with Crippen LogP contribution in [-0.2, 0) is 14.3 Å². The van der Waals surface area contributed by atoms with Crippen molar-refractivity contribution in [2.75, 3.05) is 13.2 Å². The number of rotatable bonds is 16. The van der Waals surface area contributed by atoms with E-state index in [2.05, 4.69) is 27.7 Å². The first kappa shape index (κ1) is 28.2. The highest BCUT2D eigenvalue weighted by Gasteiger charge is 2.31. The number of carbonyl (C=O) groups excluding carboxylic acids is 1. The number of ether oxygens (including phenoxy) is 2. The average Bonchev–Trinajstić information content (AvgIpc) is 3.11. The summed E-state index contributed by atoms with van der Waals surface area (Å²) in [6, 6.07) is 0. The minimum Gasteiger partial charge on any atom is -0.462 e. The van der Waals surface area contributed by atoms with Gasteiger partial charge in [-0.05, 0) is 43.9 Å². The number of hydrogen-bond donors (Lipinski definition) is 1. The van der Waals surface area contributed by atoms with E-state index in [1.54, 1.807) is 6.08 Å². The third kappa shape index (κ3) is 13.3. The van der Waals surface area contributed by atoms with E-state index >= 15 is 0 Å². The maximum Gasteiger partial charge on any atom is 0.330 e. The molecule has 0 radical (unpaired) electrons. The Bertz CT molecular complexity index is 513. The van der Waals surface area contributed by atoms with Crippen LogP contribution in [0.1, 0.15) is 106 Å². The second-order valence-electron chi connectivity index (χ2n) is 10.6. The molecular formula is C27H50O4. The van der Waals surface area contributed by atoms with Gasteiger partial charge in [0, 0.05) is 18.6 Å². The molecule has 4 heteroatoms. The number of aliphatic hydroxyl groups excluding tert-OH is 1. The van der Waals surface area contributed by atoms with Crippen molar-refractivity contribution in [3.05, 3.63) is 11.6 Å². The lowest BCUT2D eigenvalue weighted by Crippen LogP contribution is -2.31. The largest absolute Gasteiger partial charge is 0.462 e. The van der Waals surface area contributed by atoms with Gasteiger partial charge in [0.15, 0.2) is 0 Å². The van der Waals surface area contributed by atoms with Crippen LogP contribution >= 0.6 is 0 Å². The van der Waals surface area contributed by atoms with Crippen molar-refractivity contribution >= 4 is 5.97 Å². The molecule has 1 aliphatic rings. The molecule has 0 aliphatic carbocycles. The Morgan fingerprint density at radius 3 is 2.13 bits per heavy atom. The monoisotopic (exact) mass is 438 g/mol. The Morgan fingerprint density at radius 1 is 1.00 bits per heavy atom. The van der Waals surface area contributed by atoms with Crippen molar-refractivity contribution in [1.29, 1.82) is 0 Å². The van der Waals surface area contributed by atoms with Gasteiger partial charge >= 0.3 is 5.97 Å². The molecule has 1 aliphatic heterocycles. The van der Waals surface area contributed by atoms with Gasteiger partial charge in [-0.1, -0.05) is 85.1 Å². The summed E-state index contributed by atoms with van der Waals surface area (Å²) in [5.41, 5.74) is 1.08. The van der Waals surface area contributed by atoms with Crippen molar-refractivity contribution in [1.82, 2.24) is 0 Å². The molecule has 1 saturated heterocycles. The summed E-state index contributed by atoms with van der Waals surface area (Å²) < 4.78 is 10.9. The molecular weight excluding hydrogens is 388 g/mol. The summed E-state index contributed by atoms with van der Waals surface area (Å²) in [6.45, 7) is 14.2. The minimum absolute atomic E-state index is 0.00827. The van der Waals surface area contributed by atoms with Gasteiger partial charge in [0.25, 0.3) is 0 Å². The Balaban J connectivity index is 2.11. The lowest BCUT2D eigenvalue weighted by molar-refractivity contribution is -0.141. The topological polar surface area (TPSA) is 55.8 Å². The minimum atomic E-state index is -0.443. The van der Waals surface area contributed by atoms with E-state index in [0.717, 1.165) is 36.2 Å². The first-order chi connectivity index (χ1) is 14.7. The number of esters is 1. The molecule has 31 heavy (non-hydrogen) atoms. The van der Waals surface area contributed by atoms with E-state index in [4.69, 9.17) is 9.47 Å². The molecule has 3 unspecified atom stereocenters. The number of aliphatic hydroxyl groups is 1. The zero-order valence-corrected chi connectivity index (χ0v) is 21.2. The summed E-state index contributed by atoms with van der Waals surface area (Å²) in [4.78, 5) is 12.1. The molecule has 1 rings (SSSR count). The highest BCUT2D eigenvalue weighted by molar-refractivity contribution is 5.82. The molecule has 1 heterocycles. The van der Waals surface area contributed by atoms with Crippen molar-refractivity contribution in [2.45, 2.75) is 118 Å². The van der Waals surface area contributed by atoms with Crippen LogP contribution in [0, 0.1) is 23.7 Å². The van der Waals surface area contributed by atoms with E-state index in [1.807, 2.05) is 13.8 Å². The van der Waals surface area contributed by atoms with E-state index in [1.165, 1.54) is 44.9 Å². The fourth-order valence-corrected chi connectivity index (χ4v) is 4.47. The quantitative estimate of drug-likeness (QED) is 0.215. The van der Waals surface area contributed by atoms with Crippen LogP contribution in [0.5, 0.6) is 0 Å². The van der Waals surface area contributed by atoms with Gasteiger partial charge in [-0.3, -0.25) is 0 Å². The summed E-state index contributed by atoms with van der Waals surface area (Å²) in [5.74, 6) is 2.16. The lowest BCUT2D eigenvalue weighted by atomic mass is 9.91. The van der Waals surface area contributed by atoms with Crippen LogP contribution in [0.25, 0.3) is 0 Å². The fourth-order valence-electron chi connectivity index (χ4n) is 4.47. The summed E-state index contributed by atoms with van der Waals surface area (Å²) in [5, 5.41) is 9.87. The second-order valence-corrected chi connectivity index (χ2v) is 10.6. The van der Waals surface area contributed by atoms with Gasteiger partial charge in [-0.25, -0.2) is 4.79 Å². The lowest BCUT2D eigenvalue weighted by Gasteiger charge is -2.21. The molecule has 0 saturated carbocycles. The van der Waals surface area contributed by atoms with Crippen LogP contribution in [0.3, 0.4) is 0 Å². The summed E-state index contributed by atoms with van der Waals surface area (Å²) >= 11 is 0. The summed E-state index contributed by atoms with van der Waals surface area (Å²) in [6.07, 6.45) is 13.0. The molecule has 0 amide bonds. The van der Waals surface area contributed by atoms with Gasteiger partial charge in [0.1, 0.15) is 0 Å². The van der Waals surface area contributed by atoms with Crippen LogP contribution in [0.4, 0.5) is 0 Å². The van der Waals surface area contributed by atoms with Crippen LogP contribution in [0.15, 0.2) is 11.6 Å². The third-order valence-electron chi connectivity index (χ3n) is 6.66. The van der Waals surface area contributed by atoms with Crippen molar-refractivity contribution in [2.24, 2.45) is 23.7 Å². The standard InChI is InChI=1S/C27H50O4/c1-20(2)10-7-11-21(3)12-8-13-22(4)14-9-15-23(5)18-26(29)31-19-24(6)27-25(28)16-17-30-27/h18,20-22,24-25,27-28H,7-17,19H2,1-6H3/b23-18+/t21?,22?,24-,25-,27?/m1/s1. The zero-order chi connectivity index (χ0) is 23.2. The summed E-state index contributed by atoms with van der Waals surface area (Å²) in [7, 11) is 0. The number of carbonyl (C=O) groups is 1. The van der Waals surface area contributed by atoms with Crippen LogP contribution in [0.2, 0.25) is 0 Å².